The van der Waals surface area contributed by atoms with Crippen molar-refractivity contribution in [3.63, 3.8) is 0 Å². The number of amides is 2. The van der Waals surface area contributed by atoms with Crippen LogP contribution in [0.1, 0.15) is 29.8 Å². The predicted octanol–water partition coefficient (Wildman–Crippen LogP) is 3.84. The van der Waals surface area contributed by atoms with E-state index in [9.17, 15) is 9.59 Å². The van der Waals surface area contributed by atoms with Crippen LogP contribution in [0.15, 0.2) is 78.0 Å². The molecule has 0 atom stereocenters. The maximum atomic E-state index is 12.8. The Bertz CT molecular complexity index is 1070. The van der Waals surface area contributed by atoms with E-state index in [1.54, 1.807) is 36.7 Å². The lowest BCUT2D eigenvalue weighted by Crippen LogP contribution is -2.36. The van der Waals surface area contributed by atoms with Crippen LogP contribution in [-0.4, -0.2) is 29.4 Å². The number of nitrogens with zero attached hydrogens (tertiary/aromatic N) is 2. The fourth-order valence-corrected chi connectivity index (χ4v) is 2.79. The minimum Gasteiger partial charge on any atom is -0.494 e. The summed E-state index contributed by atoms with van der Waals surface area (Å²) in [6.45, 7) is 4.30. The molecule has 3 N–H and O–H groups in total. The van der Waals surface area contributed by atoms with Crippen LogP contribution in [0, 0.1) is 0 Å². The molecular formula is C24H25N5O3. The summed E-state index contributed by atoms with van der Waals surface area (Å²) in [5.41, 5.74) is 2.76. The Morgan fingerprint density at radius 3 is 2.16 bits per heavy atom. The maximum Gasteiger partial charge on any atom is 0.257 e. The summed E-state index contributed by atoms with van der Waals surface area (Å²) >= 11 is 0. The fourth-order valence-electron chi connectivity index (χ4n) is 2.79. The summed E-state index contributed by atoms with van der Waals surface area (Å²) in [6, 6.07) is 17.7. The van der Waals surface area contributed by atoms with Gasteiger partial charge < -0.3 is 15.4 Å². The molecule has 0 saturated carbocycles. The first kappa shape index (κ1) is 22.5. The van der Waals surface area contributed by atoms with Crippen LogP contribution >= 0.6 is 0 Å². The summed E-state index contributed by atoms with van der Waals surface area (Å²) in [4.78, 5) is 32.5. The molecule has 0 saturated heterocycles. The lowest BCUT2D eigenvalue weighted by atomic mass is 10.2. The number of hydrogen-bond donors (Lipinski definition) is 3. The smallest absolute Gasteiger partial charge is 0.257 e. The first-order chi connectivity index (χ1) is 15.5. The van der Waals surface area contributed by atoms with Gasteiger partial charge in [0.15, 0.2) is 0 Å². The number of aromatic nitrogens is 1. The molecule has 2 amide bonds. The van der Waals surface area contributed by atoms with E-state index in [1.165, 1.54) is 6.92 Å². The van der Waals surface area contributed by atoms with E-state index in [0.717, 1.165) is 17.0 Å². The molecule has 8 nitrogen and oxygen atoms in total. The van der Waals surface area contributed by atoms with Crippen molar-refractivity contribution in [2.24, 2.45) is 4.99 Å². The molecule has 0 aliphatic carbocycles. The average molecular weight is 431 g/mol. The molecule has 1 aromatic heterocycles. The van der Waals surface area contributed by atoms with Crippen molar-refractivity contribution in [2.75, 3.05) is 17.2 Å². The number of carbonyl (C=O) groups excluding carboxylic acids is 2. The lowest BCUT2D eigenvalue weighted by molar-refractivity contribution is -0.114. The number of pyridine rings is 1. The van der Waals surface area contributed by atoms with E-state index in [4.69, 9.17) is 4.74 Å². The normalized spacial score (nSPS) is 10.9. The molecule has 164 valence electrons. The van der Waals surface area contributed by atoms with Gasteiger partial charge in [-0.1, -0.05) is 0 Å². The molecule has 1 heterocycles. The van der Waals surface area contributed by atoms with Crippen LogP contribution < -0.4 is 20.7 Å². The molecule has 0 unspecified atom stereocenters. The number of nitrogens with one attached hydrogen (secondary N) is 3. The van der Waals surface area contributed by atoms with Crippen molar-refractivity contribution >= 4 is 29.1 Å². The van der Waals surface area contributed by atoms with Gasteiger partial charge in [0.1, 0.15) is 5.75 Å². The number of guanidine groups is 1. The Hall–Kier alpha value is -4.20. The van der Waals surface area contributed by atoms with Crippen molar-refractivity contribution in [3.05, 3.63) is 84.2 Å². The van der Waals surface area contributed by atoms with Gasteiger partial charge in [-0.05, 0) is 73.2 Å². The third-order valence-electron chi connectivity index (χ3n) is 4.30. The largest absolute Gasteiger partial charge is 0.494 e. The second-order valence-corrected chi connectivity index (χ2v) is 6.82. The molecular weight excluding hydrogens is 406 g/mol. The Kier molecular flexibility index (Phi) is 7.91. The van der Waals surface area contributed by atoms with Crippen LogP contribution in [0.25, 0.3) is 0 Å². The Morgan fingerprint density at radius 2 is 1.53 bits per heavy atom. The molecule has 2 aromatic carbocycles. The van der Waals surface area contributed by atoms with Crippen molar-refractivity contribution < 1.29 is 14.3 Å². The predicted molar refractivity (Wildman–Crippen MR) is 125 cm³/mol. The number of carbonyl (C=O) groups is 2. The number of anilines is 2. The standard InChI is InChI=1S/C24H25N5O3/c1-3-32-22-10-8-21(9-11-22)28-24(26-16-18-12-14-25-15-13-18)29-23(31)19-4-6-20(7-5-19)27-17(2)30/h4-15H,3,16H2,1-2H3,(H,27,30)(H2,26,28,29,31). The minimum atomic E-state index is -0.328. The molecule has 3 aromatic rings. The van der Waals surface area contributed by atoms with Crippen molar-refractivity contribution in [1.82, 2.24) is 10.3 Å². The molecule has 0 aliphatic heterocycles. The highest BCUT2D eigenvalue weighted by Gasteiger charge is 2.10. The Balaban J connectivity index is 1.75. The average Bonchev–Trinajstić information content (AvgIpc) is 2.79. The third-order valence-corrected chi connectivity index (χ3v) is 4.30. The first-order valence-corrected chi connectivity index (χ1v) is 10.2. The van der Waals surface area contributed by atoms with Crippen LogP contribution in [-0.2, 0) is 11.3 Å². The quantitative estimate of drug-likeness (QED) is 0.389. The molecule has 0 aliphatic rings. The van der Waals surface area contributed by atoms with Gasteiger partial charge in [0, 0.05) is 36.3 Å². The number of benzene rings is 2. The number of hydrogen-bond acceptors (Lipinski definition) is 5. The lowest BCUT2D eigenvalue weighted by Gasteiger charge is -2.13. The zero-order chi connectivity index (χ0) is 22.8. The van der Waals surface area contributed by atoms with Gasteiger partial charge in [-0.15, -0.1) is 0 Å². The number of aliphatic imine (C=N–C) groups is 1. The first-order valence-electron chi connectivity index (χ1n) is 10.2. The number of ether oxygens (including phenoxy) is 1. The monoisotopic (exact) mass is 431 g/mol. The molecule has 8 heteroatoms. The van der Waals surface area contributed by atoms with Gasteiger partial charge in [-0.3, -0.25) is 19.9 Å². The van der Waals surface area contributed by atoms with Crippen molar-refractivity contribution in [3.8, 4) is 5.75 Å². The van der Waals surface area contributed by atoms with E-state index in [-0.39, 0.29) is 11.8 Å². The van der Waals surface area contributed by atoms with Crippen molar-refractivity contribution in [2.45, 2.75) is 20.4 Å². The van der Waals surface area contributed by atoms with Gasteiger partial charge in [-0.25, -0.2) is 4.99 Å². The van der Waals surface area contributed by atoms with E-state index >= 15 is 0 Å². The summed E-state index contributed by atoms with van der Waals surface area (Å²) in [6.07, 6.45) is 3.39. The number of rotatable bonds is 7. The third kappa shape index (κ3) is 6.94. The van der Waals surface area contributed by atoms with Gasteiger partial charge >= 0.3 is 0 Å². The second kappa shape index (κ2) is 11.3. The van der Waals surface area contributed by atoms with Gasteiger partial charge in [0.25, 0.3) is 5.91 Å². The van der Waals surface area contributed by atoms with E-state index in [2.05, 4.69) is 25.9 Å². The van der Waals surface area contributed by atoms with Gasteiger partial charge in [0.05, 0.1) is 13.2 Å². The molecule has 0 fully saturated rings. The van der Waals surface area contributed by atoms with Crippen molar-refractivity contribution in [1.29, 1.82) is 0 Å². The van der Waals surface area contributed by atoms with E-state index in [1.807, 2.05) is 43.3 Å². The zero-order valence-electron chi connectivity index (χ0n) is 18.0. The zero-order valence-corrected chi connectivity index (χ0v) is 18.0. The molecule has 32 heavy (non-hydrogen) atoms. The van der Waals surface area contributed by atoms with Crippen LogP contribution in [0.3, 0.4) is 0 Å². The van der Waals surface area contributed by atoms with E-state index in [0.29, 0.717) is 30.4 Å². The summed E-state index contributed by atoms with van der Waals surface area (Å²) in [5, 5.41) is 8.64. The second-order valence-electron chi connectivity index (χ2n) is 6.82. The fraction of sp³-hybridized carbons (Fsp3) is 0.167. The maximum absolute atomic E-state index is 12.8. The summed E-state index contributed by atoms with van der Waals surface area (Å²) in [7, 11) is 0. The molecule has 3 rings (SSSR count). The van der Waals surface area contributed by atoms with E-state index < -0.39 is 0 Å². The highest BCUT2D eigenvalue weighted by atomic mass is 16.5. The van der Waals surface area contributed by atoms with Gasteiger partial charge in [-0.2, -0.15) is 0 Å². The van der Waals surface area contributed by atoms with Gasteiger partial charge in [0.2, 0.25) is 11.9 Å². The highest BCUT2D eigenvalue weighted by molar-refractivity contribution is 6.10. The van der Waals surface area contributed by atoms with Crippen LogP contribution in [0.2, 0.25) is 0 Å². The Morgan fingerprint density at radius 1 is 0.906 bits per heavy atom. The van der Waals surface area contributed by atoms with Crippen LogP contribution in [0.5, 0.6) is 5.75 Å². The van der Waals surface area contributed by atoms with Crippen LogP contribution in [0.4, 0.5) is 11.4 Å². The minimum absolute atomic E-state index is 0.174. The molecule has 0 spiro atoms. The molecule has 0 radical (unpaired) electrons. The summed E-state index contributed by atoms with van der Waals surface area (Å²) < 4.78 is 5.47. The molecule has 0 bridgehead atoms. The Labute approximate surface area is 186 Å². The topological polar surface area (TPSA) is 105 Å². The SMILES string of the molecule is CCOc1ccc(NC(=NCc2ccncc2)NC(=O)c2ccc(NC(C)=O)cc2)cc1. The highest BCUT2D eigenvalue weighted by Crippen LogP contribution is 2.16. The summed E-state index contributed by atoms with van der Waals surface area (Å²) in [5.74, 6) is 0.567.